The monoisotopic (exact) mass is 464 g/mol. The van der Waals surface area contributed by atoms with Gasteiger partial charge in [0.2, 0.25) is 5.91 Å². The summed E-state index contributed by atoms with van der Waals surface area (Å²) in [4.78, 5) is 35.2. The van der Waals surface area contributed by atoms with E-state index in [1.807, 2.05) is 30.3 Å². The lowest BCUT2D eigenvalue weighted by molar-refractivity contribution is -0.121. The first-order valence-corrected chi connectivity index (χ1v) is 11.0. The van der Waals surface area contributed by atoms with Gasteiger partial charge in [0, 0.05) is 24.7 Å². The van der Waals surface area contributed by atoms with Gasteiger partial charge < -0.3 is 19.7 Å². The number of halogens is 1. The minimum absolute atomic E-state index is 0.181. The number of nitrogens with zero attached hydrogens (tertiary/aromatic N) is 3. The van der Waals surface area contributed by atoms with E-state index in [2.05, 4.69) is 15.3 Å². The summed E-state index contributed by atoms with van der Waals surface area (Å²) in [6.45, 7) is 0.976. The Morgan fingerprint density at radius 2 is 1.97 bits per heavy atom. The minimum Gasteiger partial charge on any atom is -0.496 e. The minimum atomic E-state index is -0.441. The van der Waals surface area contributed by atoms with Crippen LogP contribution in [0, 0.1) is 11.7 Å². The van der Waals surface area contributed by atoms with Crippen LogP contribution < -0.4 is 10.1 Å². The summed E-state index contributed by atoms with van der Waals surface area (Å²) in [6, 6.07) is 15.1. The Hall–Kier alpha value is -4.01. The SMILES string of the molecule is COc1ccc(F)cc1-c1cc(NC(=O)C2CCCN(C(=O)OCc3ccccc3)C2)ncn1. The number of methoxy groups -OCH3 is 1. The predicted molar refractivity (Wildman–Crippen MR) is 124 cm³/mol. The van der Waals surface area contributed by atoms with Crippen LogP contribution in [0.4, 0.5) is 15.0 Å². The van der Waals surface area contributed by atoms with Crippen molar-refractivity contribution in [2.75, 3.05) is 25.5 Å². The van der Waals surface area contributed by atoms with Gasteiger partial charge in [-0.15, -0.1) is 0 Å². The quantitative estimate of drug-likeness (QED) is 0.585. The van der Waals surface area contributed by atoms with E-state index < -0.39 is 17.8 Å². The summed E-state index contributed by atoms with van der Waals surface area (Å²) < 4.78 is 24.5. The van der Waals surface area contributed by atoms with E-state index in [1.54, 1.807) is 11.0 Å². The van der Waals surface area contributed by atoms with Crippen LogP contribution in [0.25, 0.3) is 11.3 Å². The molecule has 176 valence electrons. The third-order valence-corrected chi connectivity index (χ3v) is 5.61. The smallest absolute Gasteiger partial charge is 0.410 e. The summed E-state index contributed by atoms with van der Waals surface area (Å²) in [6.07, 6.45) is 2.19. The molecule has 3 aromatic rings. The Morgan fingerprint density at radius 3 is 2.76 bits per heavy atom. The van der Waals surface area contributed by atoms with Crippen molar-refractivity contribution in [2.24, 2.45) is 5.92 Å². The summed E-state index contributed by atoms with van der Waals surface area (Å²) in [5.41, 5.74) is 1.76. The largest absolute Gasteiger partial charge is 0.496 e. The Morgan fingerprint density at radius 1 is 1.15 bits per heavy atom. The molecular weight excluding hydrogens is 439 g/mol. The van der Waals surface area contributed by atoms with Crippen molar-refractivity contribution in [2.45, 2.75) is 19.4 Å². The lowest BCUT2D eigenvalue weighted by atomic mass is 9.97. The fraction of sp³-hybridized carbons (Fsp3) is 0.280. The molecule has 0 saturated carbocycles. The Balaban J connectivity index is 1.38. The Kier molecular flexibility index (Phi) is 7.31. The van der Waals surface area contributed by atoms with Gasteiger partial charge >= 0.3 is 6.09 Å². The molecule has 4 rings (SSSR count). The fourth-order valence-corrected chi connectivity index (χ4v) is 3.85. The van der Waals surface area contributed by atoms with Gasteiger partial charge in [-0.2, -0.15) is 0 Å². The zero-order valence-electron chi connectivity index (χ0n) is 18.7. The second-order valence-electron chi connectivity index (χ2n) is 7.95. The number of carbonyl (C=O) groups is 2. The lowest BCUT2D eigenvalue weighted by Crippen LogP contribution is -2.44. The van der Waals surface area contributed by atoms with Crippen molar-refractivity contribution in [3.63, 3.8) is 0 Å². The number of anilines is 1. The average molecular weight is 464 g/mol. The van der Waals surface area contributed by atoms with Crippen LogP contribution in [0.1, 0.15) is 18.4 Å². The topological polar surface area (TPSA) is 93.7 Å². The molecule has 34 heavy (non-hydrogen) atoms. The van der Waals surface area contributed by atoms with Gasteiger partial charge in [-0.25, -0.2) is 19.2 Å². The number of likely N-dealkylation sites (tertiary alicyclic amines) is 1. The summed E-state index contributed by atoms with van der Waals surface area (Å²) >= 11 is 0. The zero-order chi connectivity index (χ0) is 23.9. The first kappa shape index (κ1) is 23.2. The van der Waals surface area contributed by atoms with E-state index in [9.17, 15) is 14.0 Å². The first-order chi connectivity index (χ1) is 16.5. The molecule has 1 fully saturated rings. The van der Waals surface area contributed by atoms with Crippen LogP contribution in [0.5, 0.6) is 5.75 Å². The molecule has 8 nitrogen and oxygen atoms in total. The number of nitrogens with one attached hydrogen (secondary N) is 1. The van der Waals surface area contributed by atoms with Crippen LogP contribution in [0.2, 0.25) is 0 Å². The number of carbonyl (C=O) groups excluding carboxylic acids is 2. The predicted octanol–water partition coefficient (Wildman–Crippen LogP) is 4.28. The summed E-state index contributed by atoms with van der Waals surface area (Å²) in [5.74, 6) is -0.350. The van der Waals surface area contributed by atoms with Gasteiger partial charge in [0.15, 0.2) is 0 Å². The van der Waals surface area contributed by atoms with Gasteiger partial charge in [0.05, 0.1) is 18.7 Å². The first-order valence-electron chi connectivity index (χ1n) is 11.0. The van der Waals surface area contributed by atoms with Crippen molar-refractivity contribution in [1.29, 1.82) is 0 Å². The van der Waals surface area contributed by atoms with E-state index in [0.29, 0.717) is 36.4 Å². The number of benzene rings is 2. The molecule has 1 saturated heterocycles. The van der Waals surface area contributed by atoms with E-state index in [0.717, 1.165) is 5.56 Å². The molecule has 0 radical (unpaired) electrons. The molecule has 0 aliphatic carbocycles. The molecule has 1 aromatic heterocycles. The zero-order valence-corrected chi connectivity index (χ0v) is 18.7. The van der Waals surface area contributed by atoms with Crippen LogP contribution in [0.3, 0.4) is 0 Å². The Bertz CT molecular complexity index is 1160. The molecule has 0 spiro atoms. The van der Waals surface area contributed by atoms with Crippen molar-refractivity contribution >= 4 is 17.8 Å². The maximum atomic E-state index is 13.8. The number of ether oxygens (including phenoxy) is 2. The average Bonchev–Trinajstić information content (AvgIpc) is 2.88. The van der Waals surface area contributed by atoms with E-state index in [4.69, 9.17) is 9.47 Å². The van der Waals surface area contributed by atoms with Crippen LogP contribution in [0.15, 0.2) is 60.9 Å². The molecule has 1 aliphatic rings. The second kappa shape index (κ2) is 10.7. The number of hydrogen-bond donors (Lipinski definition) is 1. The van der Waals surface area contributed by atoms with E-state index >= 15 is 0 Å². The molecule has 1 unspecified atom stereocenters. The normalized spacial score (nSPS) is 15.5. The van der Waals surface area contributed by atoms with Crippen molar-refractivity contribution in [3.05, 3.63) is 72.3 Å². The third-order valence-electron chi connectivity index (χ3n) is 5.61. The lowest BCUT2D eigenvalue weighted by Gasteiger charge is -2.31. The van der Waals surface area contributed by atoms with Gasteiger partial charge in [0.25, 0.3) is 0 Å². The molecule has 1 aliphatic heterocycles. The highest BCUT2D eigenvalue weighted by molar-refractivity contribution is 5.92. The van der Waals surface area contributed by atoms with Crippen LogP contribution >= 0.6 is 0 Å². The Labute approximate surface area is 196 Å². The van der Waals surface area contributed by atoms with Crippen LogP contribution in [-0.2, 0) is 16.1 Å². The molecule has 2 aromatic carbocycles. The standard InChI is InChI=1S/C25H25FN4O4/c1-33-22-10-9-19(26)12-20(22)21-13-23(28-16-27-21)29-24(31)18-8-5-11-30(14-18)25(32)34-15-17-6-3-2-4-7-17/h2-4,6-7,9-10,12-13,16,18H,5,8,11,14-15H2,1H3,(H,27,28,29,31). The second-order valence-corrected chi connectivity index (χ2v) is 7.95. The van der Waals surface area contributed by atoms with Gasteiger partial charge in [-0.3, -0.25) is 4.79 Å². The van der Waals surface area contributed by atoms with Gasteiger partial charge in [-0.1, -0.05) is 30.3 Å². The van der Waals surface area contributed by atoms with E-state index in [1.165, 1.54) is 31.6 Å². The number of amides is 2. The summed E-state index contributed by atoms with van der Waals surface area (Å²) in [5, 5.41) is 2.79. The van der Waals surface area contributed by atoms with Crippen molar-refractivity contribution < 1.29 is 23.5 Å². The number of piperidine rings is 1. The van der Waals surface area contributed by atoms with Crippen molar-refractivity contribution in [1.82, 2.24) is 14.9 Å². The highest BCUT2D eigenvalue weighted by Gasteiger charge is 2.29. The van der Waals surface area contributed by atoms with E-state index in [-0.39, 0.29) is 24.9 Å². The van der Waals surface area contributed by atoms with Crippen molar-refractivity contribution in [3.8, 4) is 17.0 Å². The molecule has 2 heterocycles. The highest BCUT2D eigenvalue weighted by atomic mass is 19.1. The fourth-order valence-electron chi connectivity index (χ4n) is 3.85. The molecule has 1 atom stereocenters. The van der Waals surface area contributed by atoms with Gasteiger partial charge in [-0.05, 0) is 36.6 Å². The molecule has 0 bridgehead atoms. The third kappa shape index (κ3) is 5.67. The van der Waals surface area contributed by atoms with Crippen LogP contribution in [-0.4, -0.2) is 47.1 Å². The number of rotatable bonds is 6. The van der Waals surface area contributed by atoms with Gasteiger partial charge in [0.1, 0.15) is 30.3 Å². The molecular formula is C25H25FN4O4. The number of aromatic nitrogens is 2. The summed E-state index contributed by atoms with van der Waals surface area (Å²) in [7, 11) is 1.49. The maximum Gasteiger partial charge on any atom is 0.410 e. The highest BCUT2D eigenvalue weighted by Crippen LogP contribution is 2.30. The maximum absolute atomic E-state index is 13.8. The number of hydrogen-bond acceptors (Lipinski definition) is 6. The molecule has 9 heteroatoms. The molecule has 2 amide bonds. The molecule has 1 N–H and O–H groups in total.